The number of fused-ring (bicyclic) bond motifs is 1. The number of anilines is 1. The van der Waals surface area contributed by atoms with Crippen molar-refractivity contribution >= 4 is 22.8 Å². The smallest absolute Gasteiger partial charge is 0.389 e. The van der Waals surface area contributed by atoms with Crippen LogP contribution in [0.15, 0.2) is 67.0 Å². The quantitative estimate of drug-likeness (QED) is 0.305. The lowest BCUT2D eigenvalue weighted by Gasteiger charge is -2.15. The lowest BCUT2D eigenvalue weighted by molar-refractivity contribution is -0.137. The molecule has 0 aliphatic carbocycles. The van der Waals surface area contributed by atoms with Gasteiger partial charge in [0.05, 0.1) is 28.6 Å². The summed E-state index contributed by atoms with van der Waals surface area (Å²) in [5.74, 6) is -2.28. The lowest BCUT2D eigenvalue weighted by Crippen LogP contribution is -2.18. The first-order valence-electron chi connectivity index (χ1n) is 11.4. The highest BCUT2D eigenvalue weighted by molar-refractivity contribution is 6.08. The molecule has 0 saturated carbocycles. The molecule has 0 bridgehead atoms. The number of carbonyl (C=O) groups is 1. The summed E-state index contributed by atoms with van der Waals surface area (Å²) in [5.41, 5.74) is -0.769. The van der Waals surface area contributed by atoms with Gasteiger partial charge in [-0.3, -0.25) is 14.5 Å². The predicted molar refractivity (Wildman–Crippen MR) is 131 cm³/mol. The molecule has 0 aliphatic rings. The van der Waals surface area contributed by atoms with Crippen LogP contribution in [0.1, 0.15) is 34.5 Å². The van der Waals surface area contributed by atoms with Gasteiger partial charge in [-0.05, 0) is 43.3 Å². The molecule has 0 aliphatic heterocycles. The number of halogens is 4. The first-order valence-corrected chi connectivity index (χ1v) is 11.4. The fraction of sp³-hybridized carbons (Fsp3) is 0.154. The van der Waals surface area contributed by atoms with Crippen molar-refractivity contribution in [1.82, 2.24) is 24.5 Å². The maximum Gasteiger partial charge on any atom is 0.417 e. The fourth-order valence-electron chi connectivity index (χ4n) is 4.01. The topological polar surface area (TPSA) is 97.9 Å². The average Bonchev–Trinajstić information content (AvgIpc) is 3.47. The van der Waals surface area contributed by atoms with Crippen molar-refractivity contribution in [3.63, 3.8) is 0 Å². The molecule has 3 aromatic heterocycles. The molecule has 3 heterocycles. The van der Waals surface area contributed by atoms with Gasteiger partial charge in [0, 0.05) is 30.6 Å². The largest absolute Gasteiger partial charge is 0.417 e. The zero-order valence-electron chi connectivity index (χ0n) is 20.0. The van der Waals surface area contributed by atoms with E-state index in [1.807, 2.05) is 0 Å². The first-order chi connectivity index (χ1) is 18.0. The first kappa shape index (κ1) is 25.1. The van der Waals surface area contributed by atoms with Crippen molar-refractivity contribution in [2.75, 3.05) is 5.32 Å². The van der Waals surface area contributed by atoms with Gasteiger partial charge >= 0.3 is 6.18 Å². The minimum Gasteiger partial charge on any atom is -0.389 e. The van der Waals surface area contributed by atoms with Crippen LogP contribution in [0.5, 0.6) is 0 Å². The maximum absolute atomic E-state index is 15.0. The monoisotopic (exact) mass is 524 g/mol. The summed E-state index contributed by atoms with van der Waals surface area (Å²) in [7, 11) is 1.53. The number of amides is 1. The molecular weight excluding hydrogens is 504 g/mol. The van der Waals surface area contributed by atoms with Crippen molar-refractivity contribution in [1.29, 1.82) is 0 Å². The van der Waals surface area contributed by atoms with Crippen molar-refractivity contribution in [3.05, 3.63) is 89.5 Å². The summed E-state index contributed by atoms with van der Waals surface area (Å²) >= 11 is 0. The second-order valence-electron chi connectivity index (χ2n) is 8.61. The molecule has 5 aromatic rings. The van der Waals surface area contributed by atoms with E-state index in [9.17, 15) is 27.5 Å². The van der Waals surface area contributed by atoms with Gasteiger partial charge in [0.1, 0.15) is 16.9 Å². The number of hydrogen-bond acceptors (Lipinski definition) is 5. The molecule has 12 heteroatoms. The summed E-state index contributed by atoms with van der Waals surface area (Å²) in [6.07, 6.45) is -2.84. The van der Waals surface area contributed by atoms with E-state index in [1.165, 1.54) is 34.9 Å². The van der Waals surface area contributed by atoms with Crippen LogP contribution in [0.25, 0.3) is 28.0 Å². The van der Waals surface area contributed by atoms with E-state index in [-0.39, 0.29) is 17.0 Å². The number of para-hydroxylation sites is 1. The van der Waals surface area contributed by atoms with E-state index in [2.05, 4.69) is 20.5 Å². The van der Waals surface area contributed by atoms with Crippen LogP contribution in [-0.2, 0) is 13.2 Å². The third-order valence-corrected chi connectivity index (χ3v) is 5.89. The minimum absolute atomic E-state index is 0.0685. The molecule has 0 spiro atoms. The number of aryl methyl sites for hydroxylation is 1. The minimum atomic E-state index is -4.88. The Morgan fingerprint density at radius 3 is 2.45 bits per heavy atom. The number of benzene rings is 2. The van der Waals surface area contributed by atoms with Crippen molar-refractivity contribution in [3.8, 4) is 16.9 Å². The third-order valence-electron chi connectivity index (χ3n) is 5.89. The van der Waals surface area contributed by atoms with Crippen molar-refractivity contribution < 1.29 is 27.5 Å². The molecule has 5 rings (SSSR count). The highest BCUT2D eigenvalue weighted by Gasteiger charge is 2.36. The van der Waals surface area contributed by atoms with Crippen LogP contribution < -0.4 is 5.32 Å². The SMILES string of the molecule is CC(O)c1cnc2c(NC(=O)c3cc(-c4ccn(C)n4)c(C(F)(F)F)cc3F)n(-c3ccccc3)nc2c1. The number of rotatable bonds is 5. The number of alkyl halides is 3. The number of hydrogen-bond donors (Lipinski definition) is 2. The number of aromatic nitrogens is 5. The maximum atomic E-state index is 15.0. The van der Waals surface area contributed by atoms with Gasteiger partial charge in [0.25, 0.3) is 5.91 Å². The van der Waals surface area contributed by atoms with Gasteiger partial charge in [0.15, 0.2) is 5.82 Å². The molecule has 8 nitrogen and oxygen atoms in total. The summed E-state index contributed by atoms with van der Waals surface area (Å²) in [4.78, 5) is 17.6. The Kier molecular flexibility index (Phi) is 6.19. The number of nitrogens with zero attached hydrogens (tertiary/aromatic N) is 5. The molecule has 2 aromatic carbocycles. The molecule has 0 fully saturated rings. The van der Waals surface area contributed by atoms with E-state index < -0.39 is 40.7 Å². The zero-order valence-corrected chi connectivity index (χ0v) is 20.0. The van der Waals surface area contributed by atoms with Gasteiger partial charge in [-0.2, -0.15) is 23.4 Å². The van der Waals surface area contributed by atoms with E-state index in [1.54, 1.807) is 43.3 Å². The normalized spacial score (nSPS) is 12.6. The van der Waals surface area contributed by atoms with Crippen LogP contribution in [0, 0.1) is 5.82 Å². The van der Waals surface area contributed by atoms with Crippen LogP contribution in [0.4, 0.5) is 23.4 Å². The Bertz CT molecular complexity index is 1660. The Labute approximate surface area is 213 Å². The Morgan fingerprint density at radius 2 is 1.82 bits per heavy atom. The lowest BCUT2D eigenvalue weighted by atomic mass is 9.99. The fourth-order valence-corrected chi connectivity index (χ4v) is 4.01. The number of nitrogens with one attached hydrogen (secondary N) is 1. The molecule has 2 N–H and O–H groups in total. The predicted octanol–water partition coefficient (Wildman–Crippen LogP) is 5.28. The molecule has 38 heavy (non-hydrogen) atoms. The van der Waals surface area contributed by atoms with Gasteiger partial charge < -0.3 is 10.4 Å². The van der Waals surface area contributed by atoms with E-state index in [0.29, 0.717) is 22.8 Å². The van der Waals surface area contributed by atoms with Crippen LogP contribution >= 0.6 is 0 Å². The third kappa shape index (κ3) is 4.61. The van der Waals surface area contributed by atoms with Crippen molar-refractivity contribution in [2.45, 2.75) is 19.2 Å². The molecule has 0 saturated heterocycles. The molecule has 194 valence electrons. The van der Waals surface area contributed by atoms with E-state index in [0.717, 1.165) is 6.07 Å². The second-order valence-corrected chi connectivity index (χ2v) is 8.61. The number of pyridine rings is 1. The summed E-state index contributed by atoms with van der Waals surface area (Å²) in [5, 5.41) is 21.0. The van der Waals surface area contributed by atoms with Gasteiger partial charge in [-0.25, -0.2) is 9.07 Å². The highest BCUT2D eigenvalue weighted by atomic mass is 19.4. The number of carbonyl (C=O) groups excluding carboxylic acids is 1. The van der Waals surface area contributed by atoms with Crippen LogP contribution in [0.3, 0.4) is 0 Å². The summed E-state index contributed by atoms with van der Waals surface area (Å²) in [6.45, 7) is 1.56. The average molecular weight is 524 g/mol. The number of aliphatic hydroxyl groups excluding tert-OH is 1. The second kappa shape index (κ2) is 9.38. The van der Waals surface area contributed by atoms with Gasteiger partial charge in [-0.15, -0.1) is 0 Å². The zero-order chi connectivity index (χ0) is 27.2. The molecular formula is C26H20F4N6O2. The highest BCUT2D eigenvalue weighted by Crippen LogP contribution is 2.38. The van der Waals surface area contributed by atoms with E-state index >= 15 is 0 Å². The Balaban J connectivity index is 1.63. The molecule has 0 radical (unpaired) electrons. The molecule has 1 unspecified atom stereocenters. The van der Waals surface area contributed by atoms with Crippen LogP contribution in [0.2, 0.25) is 0 Å². The Morgan fingerprint density at radius 1 is 1.08 bits per heavy atom. The summed E-state index contributed by atoms with van der Waals surface area (Å²) < 4.78 is 58.8. The standard InChI is InChI=1S/C26H20F4N6O2/c1-14(37)15-10-22-23(31-13-15)24(36(34-22)16-6-4-3-5-7-16)32-25(38)18-11-17(21-8-9-35(2)33-21)19(12-20(18)27)26(28,29)30/h3-14,37H,1-2H3,(H,32,38). The van der Waals surface area contributed by atoms with Crippen molar-refractivity contribution in [2.24, 2.45) is 7.05 Å². The molecule has 1 amide bonds. The van der Waals surface area contributed by atoms with Gasteiger partial charge in [-0.1, -0.05) is 18.2 Å². The van der Waals surface area contributed by atoms with Crippen LogP contribution in [-0.4, -0.2) is 35.6 Å². The van der Waals surface area contributed by atoms with Gasteiger partial charge in [0.2, 0.25) is 0 Å². The van der Waals surface area contributed by atoms with E-state index in [4.69, 9.17) is 0 Å². The summed E-state index contributed by atoms with van der Waals surface area (Å²) in [6, 6.07) is 12.8. The molecule has 1 atom stereocenters. The Hall–Kier alpha value is -4.58. The number of aliphatic hydroxyl groups is 1.